The van der Waals surface area contributed by atoms with Gasteiger partial charge in [-0.2, -0.15) is 5.06 Å². The summed E-state index contributed by atoms with van der Waals surface area (Å²) in [6, 6.07) is 16.1. The van der Waals surface area contributed by atoms with Crippen LogP contribution < -0.4 is 10.8 Å². The summed E-state index contributed by atoms with van der Waals surface area (Å²) in [5, 5.41) is 1.69. The Labute approximate surface area is 178 Å². The molecule has 3 rings (SSSR count). The van der Waals surface area contributed by atoms with E-state index in [1.165, 1.54) is 12.0 Å². The number of amides is 1. The van der Waals surface area contributed by atoms with Gasteiger partial charge in [0, 0.05) is 23.7 Å². The number of thioether (sulfide) groups is 1. The highest BCUT2D eigenvalue weighted by Gasteiger charge is 2.32. The van der Waals surface area contributed by atoms with E-state index in [9.17, 15) is 4.79 Å². The smallest absolute Gasteiger partial charge is 0.397 e. The molecule has 1 aliphatic heterocycles. The molecular weight excluding hydrogens is 382 g/mol. The molecule has 5 nitrogen and oxygen atoms in total. The van der Waals surface area contributed by atoms with E-state index < -0.39 is 5.54 Å². The number of nitrogens with two attached hydrogens (primary N) is 1. The third kappa shape index (κ3) is 5.60. The fourth-order valence-corrected chi connectivity index (χ4v) is 4.37. The molecule has 1 heterocycles. The quantitative estimate of drug-likeness (QED) is 0.387. The van der Waals surface area contributed by atoms with E-state index in [0.717, 1.165) is 42.3 Å². The lowest BCUT2D eigenvalue weighted by molar-refractivity contribution is 0.0640. The fraction of sp³-hybridized carbons (Fsp3) is 0.435. The zero-order valence-electron chi connectivity index (χ0n) is 17.6. The highest BCUT2D eigenvalue weighted by atomic mass is 32.2. The molecule has 0 aliphatic carbocycles. The van der Waals surface area contributed by atoms with Crippen molar-refractivity contribution in [3.8, 4) is 0 Å². The zero-order valence-corrected chi connectivity index (χ0v) is 18.4. The van der Waals surface area contributed by atoms with Gasteiger partial charge in [-0.15, -0.1) is 11.8 Å². The third-order valence-corrected chi connectivity index (χ3v) is 5.98. The average Bonchev–Trinajstić information content (AvgIpc) is 2.71. The minimum atomic E-state index is -0.441. The Morgan fingerprint density at radius 3 is 2.41 bits per heavy atom. The summed E-state index contributed by atoms with van der Waals surface area (Å²) in [7, 11) is 0. The van der Waals surface area contributed by atoms with Crippen LogP contribution in [0.2, 0.25) is 0 Å². The molecule has 2 aromatic rings. The van der Waals surface area contributed by atoms with Gasteiger partial charge in [0.1, 0.15) is 5.69 Å². The Morgan fingerprint density at radius 1 is 1.07 bits per heavy atom. The largest absolute Gasteiger partial charge is 0.434 e. The molecule has 2 aromatic carbocycles. The fourth-order valence-electron chi connectivity index (χ4n) is 3.34. The van der Waals surface area contributed by atoms with Crippen LogP contribution in [0.5, 0.6) is 0 Å². The van der Waals surface area contributed by atoms with Crippen molar-refractivity contribution in [1.29, 1.82) is 0 Å². The molecule has 29 heavy (non-hydrogen) atoms. The van der Waals surface area contributed by atoms with Crippen molar-refractivity contribution in [1.82, 2.24) is 4.90 Å². The van der Waals surface area contributed by atoms with Crippen LogP contribution in [0.1, 0.15) is 45.6 Å². The molecule has 1 saturated heterocycles. The average molecular weight is 414 g/mol. The summed E-state index contributed by atoms with van der Waals surface area (Å²) in [6.45, 7) is 7.56. The number of anilines is 2. The number of carbonyl (C=O) groups excluding carboxylic acids is 1. The molecule has 0 saturated carbocycles. The highest BCUT2D eigenvalue weighted by Crippen LogP contribution is 2.40. The Balaban J connectivity index is 1.85. The van der Waals surface area contributed by atoms with Gasteiger partial charge in [0.2, 0.25) is 0 Å². The molecule has 156 valence electrons. The first kappa shape index (κ1) is 21.4. The van der Waals surface area contributed by atoms with Crippen molar-refractivity contribution >= 4 is 29.2 Å². The van der Waals surface area contributed by atoms with Crippen LogP contribution in [-0.2, 0) is 10.6 Å². The van der Waals surface area contributed by atoms with E-state index in [-0.39, 0.29) is 6.09 Å². The van der Waals surface area contributed by atoms with Gasteiger partial charge < -0.3 is 15.5 Å². The van der Waals surface area contributed by atoms with E-state index in [2.05, 4.69) is 12.1 Å². The number of hydrogen-bond donors (Lipinski definition) is 1. The van der Waals surface area contributed by atoms with Crippen molar-refractivity contribution in [3.05, 3.63) is 54.1 Å². The number of nitrogen functional groups attached to an aromatic ring is 1. The molecule has 6 heteroatoms. The number of hydrogen-bond acceptors (Lipinski definition) is 5. The predicted octanol–water partition coefficient (Wildman–Crippen LogP) is 5.70. The summed E-state index contributed by atoms with van der Waals surface area (Å²) in [5.74, 6) is 0.815. The van der Waals surface area contributed by atoms with E-state index in [1.54, 1.807) is 21.7 Å². The van der Waals surface area contributed by atoms with Crippen molar-refractivity contribution in [2.75, 3.05) is 23.9 Å². The molecule has 1 amide bonds. The van der Waals surface area contributed by atoms with Gasteiger partial charge in [-0.05, 0) is 57.7 Å². The second-order valence-electron chi connectivity index (χ2n) is 8.34. The summed E-state index contributed by atoms with van der Waals surface area (Å²) in [6.07, 6.45) is 2.91. The molecule has 0 atom stereocenters. The third-order valence-electron chi connectivity index (χ3n) is 4.86. The van der Waals surface area contributed by atoms with Crippen molar-refractivity contribution in [3.63, 3.8) is 0 Å². The second kappa shape index (κ2) is 9.44. The van der Waals surface area contributed by atoms with Gasteiger partial charge in [0.15, 0.2) is 0 Å². The van der Waals surface area contributed by atoms with Crippen LogP contribution in [0, 0.1) is 0 Å². The van der Waals surface area contributed by atoms with Crippen LogP contribution in [0.4, 0.5) is 16.2 Å². The molecule has 1 aliphatic rings. The van der Waals surface area contributed by atoms with Crippen LogP contribution in [0.15, 0.2) is 53.4 Å². The number of carbonyl (C=O) groups is 1. The van der Waals surface area contributed by atoms with Crippen molar-refractivity contribution < 1.29 is 9.63 Å². The normalized spacial score (nSPS) is 14.5. The minimum Gasteiger partial charge on any atom is -0.397 e. The predicted molar refractivity (Wildman–Crippen MR) is 121 cm³/mol. The van der Waals surface area contributed by atoms with Gasteiger partial charge in [0.25, 0.3) is 0 Å². The molecule has 0 bridgehead atoms. The van der Waals surface area contributed by atoms with Gasteiger partial charge in [0.05, 0.1) is 11.2 Å². The van der Waals surface area contributed by atoms with Crippen LogP contribution in [0.3, 0.4) is 0 Å². The number of rotatable bonds is 5. The number of hydroxylamine groups is 1. The molecule has 2 N–H and O–H groups in total. The second-order valence-corrected chi connectivity index (χ2v) is 9.36. The lowest BCUT2D eigenvalue weighted by atomic mass is 10.1. The highest BCUT2D eigenvalue weighted by molar-refractivity contribution is 7.98. The molecule has 0 radical (unpaired) electrons. The van der Waals surface area contributed by atoms with Crippen LogP contribution in [0.25, 0.3) is 0 Å². The monoisotopic (exact) mass is 413 g/mol. The molecule has 1 fully saturated rings. The summed E-state index contributed by atoms with van der Waals surface area (Å²) >= 11 is 1.69. The van der Waals surface area contributed by atoms with Gasteiger partial charge in [-0.25, -0.2) is 4.79 Å². The maximum Gasteiger partial charge on any atom is 0.434 e. The molecule has 0 aromatic heterocycles. The Hall–Kier alpha value is -2.34. The molecular formula is C23H31N3O2S. The standard InChI is InChI=1S/C23H31N3O2S/c1-23(2,3)26(28-22(27)25-15-8-5-9-16-25)21-19(24)13-10-14-20(21)29-17-18-11-6-4-7-12-18/h4,6-7,10-14H,5,8-9,15-17,24H2,1-3H3. The Kier molecular flexibility index (Phi) is 6.96. The summed E-state index contributed by atoms with van der Waals surface area (Å²) in [4.78, 5) is 21.6. The topological polar surface area (TPSA) is 58.8 Å². The van der Waals surface area contributed by atoms with Crippen LogP contribution in [-0.4, -0.2) is 29.6 Å². The first-order chi connectivity index (χ1) is 13.9. The SMILES string of the molecule is CC(C)(C)N(OC(=O)N1CCCCC1)c1c(N)cccc1SCc1ccccc1. The van der Waals surface area contributed by atoms with Crippen molar-refractivity contribution in [2.24, 2.45) is 0 Å². The lowest BCUT2D eigenvalue weighted by Gasteiger charge is -2.38. The van der Waals surface area contributed by atoms with E-state index in [1.807, 2.05) is 57.2 Å². The zero-order chi connectivity index (χ0) is 20.9. The van der Waals surface area contributed by atoms with Crippen molar-refractivity contribution in [2.45, 2.75) is 56.2 Å². The van der Waals surface area contributed by atoms with Gasteiger partial charge >= 0.3 is 6.09 Å². The van der Waals surface area contributed by atoms with E-state index in [0.29, 0.717) is 5.69 Å². The number of piperidine rings is 1. The van der Waals surface area contributed by atoms with E-state index >= 15 is 0 Å². The number of likely N-dealkylation sites (tertiary alicyclic amines) is 1. The maximum atomic E-state index is 12.8. The maximum absolute atomic E-state index is 12.8. The van der Waals surface area contributed by atoms with Gasteiger partial charge in [-0.3, -0.25) is 0 Å². The van der Waals surface area contributed by atoms with Gasteiger partial charge in [-0.1, -0.05) is 36.4 Å². The summed E-state index contributed by atoms with van der Waals surface area (Å²) < 4.78 is 0. The minimum absolute atomic E-state index is 0.304. The number of benzene rings is 2. The van der Waals surface area contributed by atoms with E-state index in [4.69, 9.17) is 10.6 Å². The lowest BCUT2D eigenvalue weighted by Crippen LogP contribution is -2.47. The number of nitrogens with zero attached hydrogens (tertiary/aromatic N) is 2. The first-order valence-electron chi connectivity index (χ1n) is 10.2. The Morgan fingerprint density at radius 2 is 1.76 bits per heavy atom. The summed E-state index contributed by atoms with van der Waals surface area (Å²) in [5.41, 5.74) is 8.53. The molecule has 0 spiro atoms. The van der Waals surface area contributed by atoms with Crippen LogP contribution >= 0.6 is 11.8 Å². The number of para-hydroxylation sites is 1. The molecule has 0 unspecified atom stereocenters. The Bertz CT molecular complexity index is 815. The first-order valence-corrected chi connectivity index (χ1v) is 11.2.